The van der Waals surface area contributed by atoms with Gasteiger partial charge in [-0.1, -0.05) is 52.7 Å². The number of rotatable bonds is 4. The van der Waals surface area contributed by atoms with E-state index < -0.39 is 0 Å². The SMILES string of the molecule is CCc1ccccc1NCc1cc(Cl)ccc1Br. The highest BCUT2D eigenvalue weighted by Crippen LogP contribution is 2.23. The lowest BCUT2D eigenvalue weighted by atomic mass is 10.1. The summed E-state index contributed by atoms with van der Waals surface area (Å²) in [6.45, 7) is 2.92. The van der Waals surface area contributed by atoms with Crippen molar-refractivity contribution in [3.05, 3.63) is 63.1 Å². The molecule has 0 saturated heterocycles. The predicted molar refractivity (Wildman–Crippen MR) is 82.3 cm³/mol. The van der Waals surface area contributed by atoms with Crippen molar-refractivity contribution in [2.75, 3.05) is 5.32 Å². The van der Waals surface area contributed by atoms with E-state index in [0.29, 0.717) is 0 Å². The van der Waals surface area contributed by atoms with Crippen molar-refractivity contribution in [3.63, 3.8) is 0 Å². The normalized spacial score (nSPS) is 10.4. The van der Waals surface area contributed by atoms with Crippen molar-refractivity contribution in [1.29, 1.82) is 0 Å². The highest BCUT2D eigenvalue weighted by atomic mass is 79.9. The van der Waals surface area contributed by atoms with Gasteiger partial charge in [-0.05, 0) is 41.8 Å². The minimum atomic E-state index is 0.762. The Balaban J connectivity index is 2.14. The first-order chi connectivity index (χ1) is 8.70. The molecule has 2 rings (SSSR count). The van der Waals surface area contributed by atoms with Crippen LogP contribution in [-0.2, 0) is 13.0 Å². The van der Waals surface area contributed by atoms with Crippen molar-refractivity contribution >= 4 is 33.2 Å². The third kappa shape index (κ3) is 3.27. The van der Waals surface area contributed by atoms with Gasteiger partial charge in [-0.3, -0.25) is 0 Å². The molecule has 94 valence electrons. The van der Waals surface area contributed by atoms with Crippen LogP contribution in [0, 0.1) is 0 Å². The van der Waals surface area contributed by atoms with Crippen LogP contribution >= 0.6 is 27.5 Å². The number of halogens is 2. The van der Waals surface area contributed by atoms with Crippen LogP contribution < -0.4 is 5.32 Å². The Morgan fingerprint density at radius 3 is 2.67 bits per heavy atom. The standard InChI is InChI=1S/C15H15BrClN/c1-2-11-5-3-4-6-15(11)18-10-12-9-13(17)7-8-14(12)16/h3-9,18H,2,10H2,1H3. The molecule has 2 aromatic rings. The number of hydrogen-bond donors (Lipinski definition) is 1. The first-order valence-electron chi connectivity index (χ1n) is 5.96. The van der Waals surface area contributed by atoms with Crippen LogP contribution in [0.4, 0.5) is 5.69 Å². The van der Waals surface area contributed by atoms with Gasteiger partial charge in [0.1, 0.15) is 0 Å². The van der Waals surface area contributed by atoms with Crippen LogP contribution in [0.3, 0.4) is 0 Å². The summed E-state index contributed by atoms with van der Waals surface area (Å²) < 4.78 is 1.08. The van der Waals surface area contributed by atoms with Crippen LogP contribution in [0.15, 0.2) is 46.9 Å². The summed E-state index contributed by atoms with van der Waals surface area (Å²) in [5.41, 5.74) is 3.68. The zero-order chi connectivity index (χ0) is 13.0. The zero-order valence-electron chi connectivity index (χ0n) is 10.2. The van der Waals surface area contributed by atoms with Crippen molar-refractivity contribution in [1.82, 2.24) is 0 Å². The van der Waals surface area contributed by atoms with Crippen LogP contribution in [0.1, 0.15) is 18.1 Å². The number of nitrogens with one attached hydrogen (secondary N) is 1. The molecule has 0 fully saturated rings. The average molecular weight is 325 g/mol. The number of para-hydroxylation sites is 1. The van der Waals surface area contributed by atoms with Crippen molar-refractivity contribution in [2.45, 2.75) is 19.9 Å². The summed E-state index contributed by atoms with van der Waals surface area (Å²) in [4.78, 5) is 0. The topological polar surface area (TPSA) is 12.0 Å². The van der Waals surface area contributed by atoms with Gasteiger partial charge in [-0.25, -0.2) is 0 Å². The Bertz CT molecular complexity index is 540. The van der Waals surface area contributed by atoms with Gasteiger partial charge in [-0.15, -0.1) is 0 Å². The molecule has 18 heavy (non-hydrogen) atoms. The maximum atomic E-state index is 6.01. The third-order valence-electron chi connectivity index (χ3n) is 2.88. The molecule has 0 heterocycles. The number of aryl methyl sites for hydroxylation is 1. The van der Waals surface area contributed by atoms with Gasteiger partial charge in [0.05, 0.1) is 0 Å². The van der Waals surface area contributed by atoms with Gasteiger partial charge in [0.15, 0.2) is 0 Å². The quantitative estimate of drug-likeness (QED) is 0.807. The zero-order valence-corrected chi connectivity index (χ0v) is 12.6. The van der Waals surface area contributed by atoms with Gasteiger partial charge in [-0.2, -0.15) is 0 Å². The monoisotopic (exact) mass is 323 g/mol. The van der Waals surface area contributed by atoms with Crippen LogP contribution in [0.5, 0.6) is 0 Å². The Morgan fingerprint density at radius 2 is 1.89 bits per heavy atom. The van der Waals surface area contributed by atoms with Gasteiger partial charge in [0.25, 0.3) is 0 Å². The lowest BCUT2D eigenvalue weighted by Crippen LogP contribution is -2.02. The second kappa shape index (κ2) is 6.26. The molecule has 0 unspecified atom stereocenters. The molecule has 3 heteroatoms. The molecule has 0 aliphatic carbocycles. The summed E-state index contributed by atoms with van der Waals surface area (Å²) in [5, 5.41) is 4.22. The third-order valence-corrected chi connectivity index (χ3v) is 3.88. The van der Waals surface area contributed by atoms with Crippen molar-refractivity contribution in [3.8, 4) is 0 Å². The summed E-state index contributed by atoms with van der Waals surface area (Å²) in [5.74, 6) is 0. The molecule has 0 aliphatic heterocycles. The maximum Gasteiger partial charge on any atom is 0.0412 e. The highest BCUT2D eigenvalue weighted by molar-refractivity contribution is 9.10. The predicted octanol–water partition coefficient (Wildman–Crippen LogP) is 5.28. The highest BCUT2D eigenvalue weighted by Gasteiger charge is 2.03. The molecule has 0 amide bonds. The largest absolute Gasteiger partial charge is 0.381 e. The minimum absolute atomic E-state index is 0.762. The molecule has 1 N–H and O–H groups in total. The second-order valence-corrected chi connectivity index (χ2v) is 5.39. The fourth-order valence-corrected chi connectivity index (χ4v) is 2.45. The van der Waals surface area contributed by atoms with E-state index in [9.17, 15) is 0 Å². The molecule has 0 saturated carbocycles. The van der Waals surface area contributed by atoms with E-state index in [1.165, 1.54) is 11.3 Å². The fraction of sp³-hybridized carbons (Fsp3) is 0.200. The Kier molecular flexibility index (Phi) is 4.67. The molecular formula is C15H15BrClN. The van der Waals surface area contributed by atoms with Gasteiger partial charge < -0.3 is 5.32 Å². The molecule has 0 atom stereocenters. The van der Waals surface area contributed by atoms with E-state index in [0.717, 1.165) is 28.0 Å². The first-order valence-corrected chi connectivity index (χ1v) is 7.13. The van der Waals surface area contributed by atoms with Crippen LogP contribution in [-0.4, -0.2) is 0 Å². The second-order valence-electron chi connectivity index (χ2n) is 4.10. The van der Waals surface area contributed by atoms with E-state index in [2.05, 4.69) is 52.4 Å². The van der Waals surface area contributed by atoms with Gasteiger partial charge in [0, 0.05) is 21.7 Å². The van der Waals surface area contributed by atoms with E-state index in [1.54, 1.807) is 0 Å². The molecular weight excluding hydrogens is 310 g/mol. The Hall–Kier alpha value is -0.990. The molecule has 0 aromatic heterocycles. The van der Waals surface area contributed by atoms with Gasteiger partial charge >= 0.3 is 0 Å². The summed E-state index contributed by atoms with van der Waals surface area (Å²) in [6.07, 6.45) is 1.03. The maximum absolute atomic E-state index is 6.01. The summed E-state index contributed by atoms with van der Waals surface area (Å²) in [6, 6.07) is 14.2. The first kappa shape index (κ1) is 13.4. The number of anilines is 1. The number of hydrogen-bond acceptors (Lipinski definition) is 1. The van der Waals surface area contributed by atoms with Crippen LogP contribution in [0.2, 0.25) is 5.02 Å². The van der Waals surface area contributed by atoms with Gasteiger partial charge in [0.2, 0.25) is 0 Å². The summed E-state index contributed by atoms with van der Waals surface area (Å²) >= 11 is 9.55. The molecule has 0 aliphatic rings. The molecule has 1 nitrogen and oxygen atoms in total. The molecule has 0 spiro atoms. The molecule has 0 bridgehead atoms. The summed E-state index contributed by atoms with van der Waals surface area (Å²) in [7, 11) is 0. The molecule has 2 aromatic carbocycles. The van der Waals surface area contributed by atoms with Crippen molar-refractivity contribution in [2.24, 2.45) is 0 Å². The van der Waals surface area contributed by atoms with E-state index in [1.807, 2.05) is 18.2 Å². The van der Waals surface area contributed by atoms with Crippen LogP contribution in [0.25, 0.3) is 0 Å². The fourth-order valence-electron chi connectivity index (χ4n) is 1.87. The average Bonchev–Trinajstić information content (AvgIpc) is 2.40. The number of benzene rings is 2. The Morgan fingerprint density at radius 1 is 1.11 bits per heavy atom. The lowest BCUT2D eigenvalue weighted by Gasteiger charge is -2.12. The van der Waals surface area contributed by atoms with E-state index in [4.69, 9.17) is 11.6 Å². The molecule has 0 radical (unpaired) electrons. The van der Waals surface area contributed by atoms with E-state index >= 15 is 0 Å². The smallest absolute Gasteiger partial charge is 0.0412 e. The lowest BCUT2D eigenvalue weighted by molar-refractivity contribution is 1.09. The van der Waals surface area contributed by atoms with E-state index in [-0.39, 0.29) is 0 Å². The van der Waals surface area contributed by atoms with Crippen molar-refractivity contribution < 1.29 is 0 Å². The minimum Gasteiger partial charge on any atom is -0.381 e. The Labute approximate surface area is 121 Å².